The average Bonchev–Trinajstić information content (AvgIpc) is 2.48. The van der Waals surface area contributed by atoms with Gasteiger partial charge in [0, 0.05) is 23.2 Å². The lowest BCUT2D eigenvalue weighted by molar-refractivity contribution is 0.212. The van der Waals surface area contributed by atoms with Gasteiger partial charge < -0.3 is 10.2 Å². The smallest absolute Gasteiger partial charge is 0.320 e. The van der Waals surface area contributed by atoms with Crippen LogP contribution in [0.2, 0.25) is 0 Å². The topological polar surface area (TPSA) is 32.3 Å². The Kier molecular flexibility index (Phi) is 5.18. The number of halogens is 1. The van der Waals surface area contributed by atoms with Crippen LogP contribution in [-0.2, 0) is 6.54 Å². The Morgan fingerprint density at radius 3 is 2.35 bits per heavy atom. The van der Waals surface area contributed by atoms with E-state index in [0.717, 1.165) is 15.7 Å². The van der Waals surface area contributed by atoms with Crippen molar-refractivity contribution >= 4 is 27.6 Å². The molecule has 0 unspecified atom stereocenters. The number of amides is 2. The van der Waals surface area contributed by atoms with E-state index >= 15 is 0 Å². The molecule has 1 N–H and O–H groups in total. The van der Waals surface area contributed by atoms with E-state index in [1.54, 1.807) is 4.90 Å². The molecule has 0 spiro atoms. The zero-order chi connectivity index (χ0) is 14.4. The summed E-state index contributed by atoms with van der Waals surface area (Å²) in [5, 5.41) is 2.91. The summed E-state index contributed by atoms with van der Waals surface area (Å²) in [6.45, 7) is 3.25. The zero-order valence-electron chi connectivity index (χ0n) is 11.3. The van der Waals surface area contributed by atoms with Gasteiger partial charge in [0.2, 0.25) is 0 Å². The first-order chi connectivity index (χ1) is 9.69. The fraction of sp³-hybridized carbons (Fsp3) is 0.188. The van der Waals surface area contributed by atoms with Crippen LogP contribution in [0.4, 0.5) is 10.5 Å². The van der Waals surface area contributed by atoms with Crippen LogP contribution in [0.3, 0.4) is 0 Å². The van der Waals surface area contributed by atoms with Gasteiger partial charge in [-0.3, -0.25) is 0 Å². The van der Waals surface area contributed by atoms with E-state index in [0.29, 0.717) is 13.1 Å². The molecule has 3 nitrogen and oxygen atoms in total. The Hall–Kier alpha value is -1.81. The second kappa shape index (κ2) is 7.10. The lowest BCUT2D eigenvalue weighted by atomic mass is 10.2. The molecule has 0 saturated carbocycles. The van der Waals surface area contributed by atoms with Crippen molar-refractivity contribution in [3.63, 3.8) is 0 Å². The first kappa shape index (κ1) is 14.6. The van der Waals surface area contributed by atoms with Crippen LogP contribution in [-0.4, -0.2) is 17.5 Å². The molecule has 0 aliphatic carbocycles. The van der Waals surface area contributed by atoms with Gasteiger partial charge in [0.05, 0.1) is 0 Å². The highest BCUT2D eigenvalue weighted by atomic mass is 79.9. The lowest BCUT2D eigenvalue weighted by Crippen LogP contribution is -2.34. The van der Waals surface area contributed by atoms with Gasteiger partial charge in [-0.05, 0) is 36.8 Å². The molecular formula is C16H17BrN2O. The average molecular weight is 333 g/mol. The van der Waals surface area contributed by atoms with Gasteiger partial charge in [-0.1, -0.05) is 46.3 Å². The van der Waals surface area contributed by atoms with Gasteiger partial charge in [-0.25, -0.2) is 4.79 Å². The third-order valence-corrected chi connectivity index (χ3v) is 3.51. The molecular weight excluding hydrogens is 316 g/mol. The first-order valence-corrected chi connectivity index (χ1v) is 7.33. The standard InChI is InChI=1S/C16H17BrN2O/c1-2-19(12-13-6-4-3-5-7-13)16(20)18-15-10-8-14(17)9-11-15/h3-11H,2,12H2,1H3,(H,18,20). The summed E-state index contributed by atoms with van der Waals surface area (Å²) < 4.78 is 0.993. The molecule has 0 radical (unpaired) electrons. The molecule has 0 aliphatic heterocycles. The van der Waals surface area contributed by atoms with E-state index in [9.17, 15) is 4.79 Å². The summed E-state index contributed by atoms with van der Waals surface area (Å²) >= 11 is 3.38. The van der Waals surface area contributed by atoms with E-state index in [1.165, 1.54) is 0 Å². The second-order valence-corrected chi connectivity index (χ2v) is 5.35. The molecule has 20 heavy (non-hydrogen) atoms. The fourth-order valence-electron chi connectivity index (χ4n) is 1.87. The summed E-state index contributed by atoms with van der Waals surface area (Å²) in [5.74, 6) is 0. The number of hydrogen-bond acceptors (Lipinski definition) is 1. The summed E-state index contributed by atoms with van der Waals surface area (Å²) in [7, 11) is 0. The molecule has 2 rings (SSSR count). The number of anilines is 1. The van der Waals surface area contributed by atoms with Gasteiger partial charge in [0.25, 0.3) is 0 Å². The maximum atomic E-state index is 12.2. The highest BCUT2D eigenvalue weighted by molar-refractivity contribution is 9.10. The Balaban J connectivity index is 2.00. The Labute approximate surface area is 127 Å². The molecule has 0 atom stereocenters. The van der Waals surface area contributed by atoms with Crippen LogP contribution in [0.5, 0.6) is 0 Å². The number of carbonyl (C=O) groups excluding carboxylic acids is 1. The highest BCUT2D eigenvalue weighted by Crippen LogP contribution is 2.15. The maximum Gasteiger partial charge on any atom is 0.322 e. The second-order valence-electron chi connectivity index (χ2n) is 4.44. The van der Waals surface area contributed by atoms with Gasteiger partial charge in [-0.2, -0.15) is 0 Å². The van der Waals surface area contributed by atoms with Gasteiger partial charge in [0.1, 0.15) is 0 Å². The van der Waals surface area contributed by atoms with Crippen molar-refractivity contribution in [1.82, 2.24) is 4.90 Å². The molecule has 0 bridgehead atoms. The molecule has 0 aliphatic rings. The summed E-state index contributed by atoms with van der Waals surface area (Å²) in [5.41, 5.74) is 1.92. The molecule has 0 heterocycles. The van der Waals surface area contributed by atoms with Crippen molar-refractivity contribution in [2.75, 3.05) is 11.9 Å². The molecule has 2 amide bonds. The molecule has 0 fully saturated rings. The van der Waals surface area contributed by atoms with Crippen molar-refractivity contribution in [1.29, 1.82) is 0 Å². The summed E-state index contributed by atoms with van der Waals surface area (Å²) in [6, 6.07) is 17.5. The van der Waals surface area contributed by atoms with E-state index in [2.05, 4.69) is 21.2 Å². The third kappa shape index (κ3) is 4.10. The van der Waals surface area contributed by atoms with Crippen LogP contribution in [0.1, 0.15) is 12.5 Å². The van der Waals surface area contributed by atoms with E-state index in [4.69, 9.17) is 0 Å². The Morgan fingerprint density at radius 1 is 1.10 bits per heavy atom. The zero-order valence-corrected chi connectivity index (χ0v) is 12.9. The summed E-state index contributed by atoms with van der Waals surface area (Å²) in [6.07, 6.45) is 0. The van der Waals surface area contributed by atoms with Crippen molar-refractivity contribution in [3.8, 4) is 0 Å². The van der Waals surface area contributed by atoms with Crippen molar-refractivity contribution in [2.45, 2.75) is 13.5 Å². The number of nitrogens with one attached hydrogen (secondary N) is 1. The molecule has 2 aromatic carbocycles. The maximum absolute atomic E-state index is 12.2. The van der Waals surface area contributed by atoms with Crippen LogP contribution < -0.4 is 5.32 Å². The van der Waals surface area contributed by atoms with Crippen LogP contribution in [0, 0.1) is 0 Å². The SMILES string of the molecule is CCN(Cc1ccccc1)C(=O)Nc1ccc(Br)cc1. The minimum atomic E-state index is -0.0846. The fourth-order valence-corrected chi connectivity index (χ4v) is 2.13. The molecule has 2 aromatic rings. The van der Waals surface area contributed by atoms with Crippen LogP contribution in [0.15, 0.2) is 59.1 Å². The van der Waals surface area contributed by atoms with Crippen LogP contribution in [0.25, 0.3) is 0 Å². The predicted molar refractivity (Wildman–Crippen MR) is 85.7 cm³/mol. The van der Waals surface area contributed by atoms with E-state index in [-0.39, 0.29) is 6.03 Å². The van der Waals surface area contributed by atoms with Crippen molar-refractivity contribution in [2.24, 2.45) is 0 Å². The normalized spacial score (nSPS) is 10.1. The Bertz CT molecular complexity index is 554. The molecule has 0 saturated heterocycles. The monoisotopic (exact) mass is 332 g/mol. The Morgan fingerprint density at radius 2 is 1.75 bits per heavy atom. The number of hydrogen-bond donors (Lipinski definition) is 1. The van der Waals surface area contributed by atoms with Gasteiger partial charge in [-0.15, -0.1) is 0 Å². The number of carbonyl (C=O) groups is 1. The molecule has 0 aromatic heterocycles. The first-order valence-electron chi connectivity index (χ1n) is 6.54. The van der Waals surface area contributed by atoms with Gasteiger partial charge in [0.15, 0.2) is 0 Å². The number of nitrogens with zero attached hydrogens (tertiary/aromatic N) is 1. The number of urea groups is 1. The third-order valence-electron chi connectivity index (χ3n) is 2.98. The predicted octanol–water partition coefficient (Wildman–Crippen LogP) is 4.50. The number of rotatable bonds is 4. The molecule has 4 heteroatoms. The van der Waals surface area contributed by atoms with Crippen molar-refractivity contribution in [3.05, 3.63) is 64.6 Å². The minimum absolute atomic E-state index is 0.0846. The van der Waals surface area contributed by atoms with E-state index in [1.807, 2.05) is 61.5 Å². The van der Waals surface area contributed by atoms with Gasteiger partial charge >= 0.3 is 6.03 Å². The lowest BCUT2D eigenvalue weighted by Gasteiger charge is -2.21. The van der Waals surface area contributed by atoms with Crippen LogP contribution >= 0.6 is 15.9 Å². The summed E-state index contributed by atoms with van der Waals surface area (Å²) in [4.78, 5) is 14.0. The largest absolute Gasteiger partial charge is 0.322 e. The molecule has 104 valence electrons. The van der Waals surface area contributed by atoms with Crippen molar-refractivity contribution < 1.29 is 4.79 Å². The highest BCUT2D eigenvalue weighted by Gasteiger charge is 2.11. The minimum Gasteiger partial charge on any atom is -0.320 e. The van der Waals surface area contributed by atoms with E-state index < -0.39 is 0 Å². The number of benzene rings is 2. The quantitative estimate of drug-likeness (QED) is 0.878.